The van der Waals surface area contributed by atoms with E-state index in [1.54, 1.807) is 23.3 Å². The van der Waals surface area contributed by atoms with Crippen molar-refractivity contribution in [1.29, 1.82) is 0 Å². The maximum Gasteiger partial charge on any atom is 0.256 e. The molecular weight excluding hydrogens is 382 g/mol. The Bertz CT molecular complexity index is 843. The summed E-state index contributed by atoms with van der Waals surface area (Å²) in [5.41, 5.74) is 1.46. The third kappa shape index (κ3) is 3.89. The molecular formula is C15H14BrN3O3S. The summed E-state index contributed by atoms with van der Waals surface area (Å²) in [6.07, 6.45) is 4.75. The van der Waals surface area contributed by atoms with Crippen molar-refractivity contribution >= 4 is 37.7 Å². The molecule has 1 amide bonds. The van der Waals surface area contributed by atoms with Crippen molar-refractivity contribution < 1.29 is 13.2 Å². The van der Waals surface area contributed by atoms with Crippen LogP contribution in [0.25, 0.3) is 0 Å². The smallest absolute Gasteiger partial charge is 0.256 e. The van der Waals surface area contributed by atoms with Crippen molar-refractivity contribution in [3.8, 4) is 0 Å². The van der Waals surface area contributed by atoms with Gasteiger partial charge >= 0.3 is 0 Å². The fourth-order valence-electron chi connectivity index (χ4n) is 2.27. The van der Waals surface area contributed by atoms with Crippen LogP contribution < -0.4 is 5.32 Å². The van der Waals surface area contributed by atoms with Crippen LogP contribution in [0, 0.1) is 0 Å². The normalized spacial score (nSPS) is 18.7. The zero-order valence-electron chi connectivity index (χ0n) is 12.1. The fourth-order valence-corrected chi connectivity index (χ4v) is 3.68. The van der Waals surface area contributed by atoms with Crippen molar-refractivity contribution in [3.05, 3.63) is 58.2 Å². The zero-order valence-corrected chi connectivity index (χ0v) is 14.5. The Morgan fingerprint density at radius 3 is 2.96 bits per heavy atom. The maximum absolute atomic E-state index is 12.2. The van der Waals surface area contributed by atoms with Crippen LogP contribution in [0.15, 0.2) is 57.1 Å². The molecule has 0 atom stereocenters. The molecule has 0 spiro atoms. The molecule has 1 aromatic carbocycles. The summed E-state index contributed by atoms with van der Waals surface area (Å²) in [6.45, 7) is 0.715. The molecule has 0 unspecified atom stereocenters. The van der Waals surface area contributed by atoms with Gasteiger partial charge in [-0.15, -0.1) is 4.40 Å². The summed E-state index contributed by atoms with van der Waals surface area (Å²) >= 11 is 3.39. The molecule has 1 aromatic rings. The van der Waals surface area contributed by atoms with Crippen LogP contribution >= 0.6 is 15.9 Å². The van der Waals surface area contributed by atoms with Crippen molar-refractivity contribution in [2.75, 3.05) is 12.3 Å². The van der Waals surface area contributed by atoms with E-state index in [4.69, 9.17) is 0 Å². The number of sulfonamides is 1. The van der Waals surface area contributed by atoms with Gasteiger partial charge in [0.1, 0.15) is 5.84 Å². The number of halogens is 1. The lowest BCUT2D eigenvalue weighted by Crippen LogP contribution is -2.38. The van der Waals surface area contributed by atoms with Gasteiger partial charge in [-0.1, -0.05) is 28.1 Å². The van der Waals surface area contributed by atoms with E-state index in [0.29, 0.717) is 24.5 Å². The Morgan fingerprint density at radius 1 is 1.35 bits per heavy atom. The van der Waals surface area contributed by atoms with Crippen LogP contribution in [0.1, 0.15) is 5.56 Å². The summed E-state index contributed by atoms with van der Waals surface area (Å²) in [4.78, 5) is 13.9. The second-order valence-corrected chi connectivity index (χ2v) is 7.83. The Balaban J connectivity index is 1.68. The number of benzene rings is 1. The van der Waals surface area contributed by atoms with E-state index in [9.17, 15) is 13.2 Å². The van der Waals surface area contributed by atoms with E-state index in [-0.39, 0.29) is 11.7 Å². The molecule has 0 bridgehead atoms. The number of amidine groups is 1. The molecule has 120 valence electrons. The maximum atomic E-state index is 12.2. The minimum atomic E-state index is -3.38. The lowest BCUT2D eigenvalue weighted by Gasteiger charge is -2.26. The minimum absolute atomic E-state index is 0.0478. The van der Waals surface area contributed by atoms with Crippen LogP contribution in [0.4, 0.5) is 0 Å². The highest BCUT2D eigenvalue weighted by atomic mass is 79.9. The van der Waals surface area contributed by atoms with Gasteiger partial charge < -0.3 is 10.2 Å². The molecule has 2 heterocycles. The van der Waals surface area contributed by atoms with Crippen LogP contribution in [0.2, 0.25) is 0 Å². The highest BCUT2D eigenvalue weighted by Gasteiger charge is 2.24. The van der Waals surface area contributed by atoms with Gasteiger partial charge in [0.25, 0.3) is 15.9 Å². The van der Waals surface area contributed by atoms with E-state index in [1.807, 2.05) is 24.3 Å². The standard InChI is InChI=1S/C15H14BrN3O3S/c16-13-3-1-2-11(8-13)9-17-15(20)12-4-5-14-18-23(21,22)7-6-19(14)10-12/h1-5,8,10H,6-7,9H2,(H,17,20). The zero-order chi connectivity index (χ0) is 16.4. The van der Waals surface area contributed by atoms with E-state index in [2.05, 4.69) is 25.6 Å². The Kier molecular flexibility index (Phi) is 4.36. The van der Waals surface area contributed by atoms with Gasteiger partial charge in [-0.05, 0) is 29.8 Å². The number of nitrogens with one attached hydrogen (secondary N) is 1. The van der Waals surface area contributed by atoms with E-state index < -0.39 is 10.0 Å². The van der Waals surface area contributed by atoms with Gasteiger partial charge in [-0.2, -0.15) is 0 Å². The lowest BCUT2D eigenvalue weighted by atomic mass is 10.1. The van der Waals surface area contributed by atoms with Gasteiger partial charge in [0, 0.05) is 23.8 Å². The van der Waals surface area contributed by atoms with Crippen molar-refractivity contribution in [3.63, 3.8) is 0 Å². The van der Waals surface area contributed by atoms with Gasteiger partial charge in [0.05, 0.1) is 11.3 Å². The fraction of sp³-hybridized carbons (Fsp3) is 0.200. The first-order valence-corrected chi connectivity index (χ1v) is 9.35. The largest absolute Gasteiger partial charge is 0.348 e. The lowest BCUT2D eigenvalue weighted by molar-refractivity contribution is -0.117. The summed E-state index contributed by atoms with van der Waals surface area (Å²) < 4.78 is 27.5. The number of fused-ring (bicyclic) bond motifs is 1. The number of amides is 1. The summed E-state index contributed by atoms with van der Waals surface area (Å²) in [5, 5.41) is 2.84. The third-order valence-electron chi connectivity index (χ3n) is 3.43. The third-order valence-corrected chi connectivity index (χ3v) is 5.09. The number of nitrogens with zero attached hydrogens (tertiary/aromatic N) is 2. The predicted molar refractivity (Wildman–Crippen MR) is 91.1 cm³/mol. The summed E-state index contributed by atoms with van der Waals surface area (Å²) in [5.74, 6) is 0.0850. The molecule has 0 aliphatic carbocycles. The van der Waals surface area contributed by atoms with Gasteiger partial charge in [-0.25, -0.2) is 8.42 Å². The van der Waals surface area contributed by atoms with Crippen LogP contribution in [0.3, 0.4) is 0 Å². The van der Waals surface area contributed by atoms with Crippen molar-refractivity contribution in [1.82, 2.24) is 10.2 Å². The van der Waals surface area contributed by atoms with Gasteiger partial charge in [0.15, 0.2) is 0 Å². The van der Waals surface area contributed by atoms with Crippen molar-refractivity contribution in [2.24, 2.45) is 4.40 Å². The van der Waals surface area contributed by atoms with Crippen LogP contribution in [-0.2, 0) is 21.4 Å². The molecule has 0 fully saturated rings. The quantitative estimate of drug-likeness (QED) is 0.841. The Labute approximate surface area is 142 Å². The molecule has 0 saturated heterocycles. The molecule has 3 rings (SSSR count). The average molecular weight is 396 g/mol. The minimum Gasteiger partial charge on any atom is -0.348 e. The first kappa shape index (κ1) is 15.9. The number of hydrogen-bond acceptors (Lipinski definition) is 4. The molecule has 6 nitrogen and oxygen atoms in total. The van der Waals surface area contributed by atoms with Crippen LogP contribution in [-0.4, -0.2) is 37.4 Å². The number of carbonyl (C=O) groups is 1. The SMILES string of the molecule is O=C(NCc1cccc(Br)c1)C1=CN2CCS(=O)(=O)N=C2C=C1. The van der Waals surface area contributed by atoms with Crippen molar-refractivity contribution in [2.45, 2.75) is 6.54 Å². The highest BCUT2D eigenvalue weighted by molar-refractivity contribution is 9.10. The van der Waals surface area contributed by atoms with E-state index in [0.717, 1.165) is 10.0 Å². The molecule has 0 aromatic heterocycles. The molecule has 8 heteroatoms. The second kappa shape index (κ2) is 6.29. The molecule has 1 N–H and O–H groups in total. The predicted octanol–water partition coefficient (Wildman–Crippen LogP) is 1.56. The van der Waals surface area contributed by atoms with Gasteiger partial charge in [-0.3, -0.25) is 4.79 Å². The molecule has 0 radical (unpaired) electrons. The molecule has 2 aliphatic heterocycles. The number of carbonyl (C=O) groups excluding carboxylic acids is 1. The topological polar surface area (TPSA) is 78.8 Å². The van der Waals surface area contributed by atoms with E-state index in [1.165, 1.54) is 0 Å². The average Bonchev–Trinajstić information content (AvgIpc) is 2.51. The highest BCUT2D eigenvalue weighted by Crippen LogP contribution is 2.16. The van der Waals surface area contributed by atoms with E-state index >= 15 is 0 Å². The summed E-state index contributed by atoms with van der Waals surface area (Å²) in [6, 6.07) is 7.69. The first-order chi connectivity index (χ1) is 10.9. The summed E-state index contributed by atoms with van der Waals surface area (Å²) in [7, 11) is -3.38. The second-order valence-electron chi connectivity index (χ2n) is 5.16. The molecule has 2 aliphatic rings. The van der Waals surface area contributed by atoms with Gasteiger partial charge in [0.2, 0.25) is 0 Å². The van der Waals surface area contributed by atoms with Crippen LogP contribution in [0.5, 0.6) is 0 Å². The number of rotatable bonds is 3. The molecule has 23 heavy (non-hydrogen) atoms. The Morgan fingerprint density at radius 2 is 2.17 bits per heavy atom. The monoisotopic (exact) mass is 395 g/mol. The number of hydrogen-bond donors (Lipinski definition) is 1. The molecule has 0 saturated carbocycles. The first-order valence-electron chi connectivity index (χ1n) is 6.95. The Hall–Kier alpha value is -1.93.